The summed E-state index contributed by atoms with van der Waals surface area (Å²) in [6.45, 7) is 14.9. The third-order valence-electron chi connectivity index (χ3n) is 2.10. The molecular weight excluding hydrogens is 244 g/mol. The van der Waals surface area contributed by atoms with Crippen LogP contribution in [0.1, 0.15) is 27.7 Å². The van der Waals surface area contributed by atoms with Crippen molar-refractivity contribution in [3.63, 3.8) is 0 Å². The molecule has 1 heterocycles. The molecule has 3 N–H and O–H groups in total. The summed E-state index contributed by atoms with van der Waals surface area (Å²) in [7, 11) is 0. The van der Waals surface area contributed by atoms with Crippen molar-refractivity contribution in [1.82, 2.24) is 10.6 Å². The number of imide groups is 1. The summed E-state index contributed by atoms with van der Waals surface area (Å²) >= 11 is 0. The van der Waals surface area contributed by atoms with Crippen molar-refractivity contribution < 1.29 is 14.7 Å². The van der Waals surface area contributed by atoms with Gasteiger partial charge in [0.1, 0.15) is 12.1 Å². The van der Waals surface area contributed by atoms with Gasteiger partial charge in [-0.2, -0.15) is 0 Å². The van der Waals surface area contributed by atoms with Gasteiger partial charge in [0, 0.05) is 0 Å². The lowest BCUT2D eigenvalue weighted by Crippen LogP contribution is -2.41. The van der Waals surface area contributed by atoms with E-state index in [1.165, 1.54) is 6.08 Å². The zero-order valence-corrected chi connectivity index (χ0v) is 12.1. The van der Waals surface area contributed by atoms with Gasteiger partial charge in [0.05, 0.1) is 0 Å². The smallest absolute Gasteiger partial charge is 0.322 e. The van der Waals surface area contributed by atoms with Gasteiger partial charge >= 0.3 is 6.03 Å². The SMILES string of the molecule is C/C=C\C.C=CC(=C)C(O)C1NC(=O)NC1=O.CC. The zero-order chi connectivity index (χ0) is 15.4. The molecule has 3 amide bonds. The molecular formula is C14H24N2O3. The number of rotatable bonds is 3. The first-order valence-corrected chi connectivity index (χ1v) is 6.15. The first-order valence-electron chi connectivity index (χ1n) is 6.15. The lowest BCUT2D eigenvalue weighted by molar-refractivity contribution is -0.121. The van der Waals surface area contributed by atoms with E-state index in [0.29, 0.717) is 5.57 Å². The molecule has 1 fully saturated rings. The highest BCUT2D eigenvalue weighted by Crippen LogP contribution is 2.08. The van der Waals surface area contributed by atoms with E-state index in [2.05, 4.69) is 18.5 Å². The Bertz CT molecular complexity index is 345. The minimum Gasteiger partial charge on any atom is -0.386 e. The van der Waals surface area contributed by atoms with Gasteiger partial charge < -0.3 is 10.4 Å². The predicted molar refractivity (Wildman–Crippen MR) is 77.6 cm³/mol. The Balaban J connectivity index is 0. The van der Waals surface area contributed by atoms with E-state index in [4.69, 9.17) is 0 Å². The summed E-state index contributed by atoms with van der Waals surface area (Å²) in [6, 6.07) is -1.57. The van der Waals surface area contributed by atoms with E-state index in [-0.39, 0.29) is 0 Å². The number of aliphatic hydroxyl groups excluding tert-OH is 1. The Morgan fingerprint density at radius 3 is 2.05 bits per heavy atom. The molecule has 1 aliphatic rings. The molecule has 0 aliphatic carbocycles. The van der Waals surface area contributed by atoms with E-state index in [0.717, 1.165) is 0 Å². The van der Waals surface area contributed by atoms with Gasteiger partial charge in [-0.15, -0.1) is 0 Å². The summed E-state index contributed by atoms with van der Waals surface area (Å²) in [6.07, 6.45) is 4.21. The van der Waals surface area contributed by atoms with Crippen LogP contribution in [-0.4, -0.2) is 29.2 Å². The maximum absolute atomic E-state index is 11.0. The first kappa shape index (κ1) is 19.5. The van der Waals surface area contributed by atoms with E-state index in [1.807, 2.05) is 45.2 Å². The standard InChI is InChI=1S/C8H10N2O3.C4H8.C2H6/c1-3-4(2)6(11)5-7(12)10-8(13)9-5;1-3-4-2;1-2/h3,5-6,11H,1-2H2,(H2,9,10,12,13);3-4H,1-2H3;1-2H3/b;4-3-;. The molecule has 2 unspecified atom stereocenters. The quantitative estimate of drug-likeness (QED) is 0.415. The van der Waals surface area contributed by atoms with Crippen molar-refractivity contribution in [2.45, 2.75) is 39.8 Å². The summed E-state index contributed by atoms with van der Waals surface area (Å²) in [4.78, 5) is 21.7. The molecule has 5 nitrogen and oxygen atoms in total. The van der Waals surface area contributed by atoms with Crippen molar-refractivity contribution in [3.8, 4) is 0 Å². The van der Waals surface area contributed by atoms with Crippen LogP contribution in [0.5, 0.6) is 0 Å². The molecule has 0 spiro atoms. The third kappa shape index (κ3) is 7.21. The van der Waals surface area contributed by atoms with Gasteiger partial charge in [-0.3, -0.25) is 10.1 Å². The molecule has 0 saturated carbocycles. The van der Waals surface area contributed by atoms with Crippen LogP contribution in [0.25, 0.3) is 0 Å². The molecule has 2 atom stereocenters. The second-order valence-electron chi connectivity index (χ2n) is 3.33. The Morgan fingerprint density at radius 2 is 1.79 bits per heavy atom. The number of carbonyl (C=O) groups is 2. The Morgan fingerprint density at radius 1 is 1.32 bits per heavy atom. The van der Waals surface area contributed by atoms with Gasteiger partial charge in [-0.25, -0.2) is 4.79 Å². The normalized spacial score (nSPS) is 18.3. The van der Waals surface area contributed by atoms with Gasteiger partial charge in [-0.1, -0.05) is 45.2 Å². The fourth-order valence-corrected chi connectivity index (χ4v) is 0.990. The van der Waals surface area contributed by atoms with Crippen molar-refractivity contribution >= 4 is 11.9 Å². The largest absolute Gasteiger partial charge is 0.386 e. The highest BCUT2D eigenvalue weighted by molar-refractivity contribution is 6.04. The van der Waals surface area contributed by atoms with Crippen molar-refractivity contribution in [2.24, 2.45) is 0 Å². The van der Waals surface area contributed by atoms with Gasteiger partial charge in [0.2, 0.25) is 0 Å². The fraction of sp³-hybridized carbons (Fsp3) is 0.429. The molecule has 108 valence electrons. The average molecular weight is 268 g/mol. The molecule has 0 aromatic rings. The van der Waals surface area contributed by atoms with Gasteiger partial charge in [-0.05, 0) is 19.4 Å². The topological polar surface area (TPSA) is 78.4 Å². The summed E-state index contributed by atoms with van der Waals surface area (Å²) < 4.78 is 0. The monoisotopic (exact) mass is 268 g/mol. The lowest BCUT2D eigenvalue weighted by atomic mass is 10.0. The minimum absolute atomic E-state index is 0.294. The molecule has 0 bridgehead atoms. The Hall–Kier alpha value is -1.88. The summed E-state index contributed by atoms with van der Waals surface area (Å²) in [5.41, 5.74) is 0.294. The Kier molecular flexibility index (Phi) is 11.5. The predicted octanol–water partition coefficient (Wildman–Crippen LogP) is 1.91. The van der Waals surface area contributed by atoms with Crippen molar-refractivity contribution in [1.29, 1.82) is 0 Å². The maximum Gasteiger partial charge on any atom is 0.322 e. The van der Waals surface area contributed by atoms with Gasteiger partial charge in [0.25, 0.3) is 5.91 Å². The summed E-state index contributed by atoms with van der Waals surface area (Å²) in [5, 5.41) is 13.7. The van der Waals surface area contributed by atoms with Crippen LogP contribution >= 0.6 is 0 Å². The van der Waals surface area contributed by atoms with Crippen LogP contribution in [-0.2, 0) is 4.79 Å². The number of urea groups is 1. The number of nitrogens with one attached hydrogen (secondary N) is 2. The van der Waals surface area contributed by atoms with Crippen LogP contribution in [0.2, 0.25) is 0 Å². The molecule has 19 heavy (non-hydrogen) atoms. The maximum atomic E-state index is 11.0. The van der Waals surface area contributed by atoms with Crippen LogP contribution < -0.4 is 10.6 Å². The van der Waals surface area contributed by atoms with Crippen molar-refractivity contribution in [3.05, 3.63) is 37.0 Å². The Labute approximate surface area is 115 Å². The number of hydrogen-bond acceptors (Lipinski definition) is 3. The first-order chi connectivity index (χ1) is 8.97. The number of carbonyl (C=O) groups excluding carboxylic acids is 2. The van der Waals surface area contributed by atoms with Crippen LogP contribution in [0.3, 0.4) is 0 Å². The lowest BCUT2D eigenvalue weighted by Gasteiger charge is -2.15. The highest BCUT2D eigenvalue weighted by atomic mass is 16.3. The van der Waals surface area contributed by atoms with Gasteiger partial charge in [0.15, 0.2) is 0 Å². The van der Waals surface area contributed by atoms with E-state index in [1.54, 1.807) is 0 Å². The highest BCUT2D eigenvalue weighted by Gasteiger charge is 2.35. The second-order valence-corrected chi connectivity index (χ2v) is 3.33. The zero-order valence-electron chi connectivity index (χ0n) is 12.1. The van der Waals surface area contributed by atoms with Crippen LogP contribution in [0.15, 0.2) is 37.0 Å². The number of aliphatic hydroxyl groups is 1. The molecule has 0 aromatic carbocycles. The molecule has 1 rings (SSSR count). The molecule has 1 aliphatic heterocycles. The number of allylic oxidation sites excluding steroid dienone is 2. The average Bonchev–Trinajstić information content (AvgIpc) is 2.78. The third-order valence-corrected chi connectivity index (χ3v) is 2.10. The van der Waals surface area contributed by atoms with Crippen molar-refractivity contribution in [2.75, 3.05) is 0 Å². The van der Waals surface area contributed by atoms with Crippen LogP contribution in [0.4, 0.5) is 4.79 Å². The fourth-order valence-electron chi connectivity index (χ4n) is 0.990. The van der Waals surface area contributed by atoms with E-state index >= 15 is 0 Å². The molecule has 5 heteroatoms. The van der Waals surface area contributed by atoms with E-state index < -0.39 is 24.1 Å². The second kappa shape index (κ2) is 11.2. The summed E-state index contributed by atoms with van der Waals surface area (Å²) in [5.74, 6) is -0.555. The van der Waals surface area contributed by atoms with E-state index in [9.17, 15) is 14.7 Å². The number of amides is 3. The molecule has 0 radical (unpaired) electrons. The molecule has 1 saturated heterocycles. The minimum atomic E-state index is -1.12. The van der Waals surface area contributed by atoms with Crippen LogP contribution in [0, 0.1) is 0 Å². The molecule has 0 aromatic heterocycles. The number of hydrogen-bond donors (Lipinski definition) is 3.